The minimum atomic E-state index is -0.769. The molecule has 0 amide bonds. The molecule has 0 aliphatic carbocycles. The number of esters is 3. The number of hydrogen-bond acceptors (Lipinski definition) is 6. The van der Waals surface area contributed by atoms with Gasteiger partial charge >= 0.3 is 17.9 Å². The molecule has 0 heterocycles. The molecule has 0 rings (SSSR count). The Morgan fingerprint density at radius 2 is 0.465 bits per heavy atom. The van der Waals surface area contributed by atoms with Crippen molar-refractivity contribution in [2.45, 2.75) is 361 Å². The van der Waals surface area contributed by atoms with Crippen molar-refractivity contribution >= 4 is 17.9 Å². The molecule has 418 valence electrons. The summed E-state index contributed by atoms with van der Waals surface area (Å²) in [7, 11) is 0. The Balaban J connectivity index is 4.01. The van der Waals surface area contributed by atoms with Crippen molar-refractivity contribution in [3.8, 4) is 0 Å². The summed E-state index contributed by atoms with van der Waals surface area (Å²) in [6.07, 6.45) is 72.2. The van der Waals surface area contributed by atoms with E-state index in [1.54, 1.807) is 0 Å². The molecule has 0 aromatic heterocycles. The monoisotopic (exact) mass is 999 g/mol. The maximum atomic E-state index is 12.8. The topological polar surface area (TPSA) is 78.9 Å². The fourth-order valence-corrected chi connectivity index (χ4v) is 9.61. The van der Waals surface area contributed by atoms with Gasteiger partial charge in [-0.05, 0) is 70.6 Å². The molecule has 0 saturated carbocycles. The maximum Gasteiger partial charge on any atom is 0.306 e. The minimum Gasteiger partial charge on any atom is -0.462 e. The quantitative estimate of drug-likeness (QED) is 0.0261. The molecule has 0 bridgehead atoms. The third-order valence-corrected chi connectivity index (χ3v) is 14.4. The number of ether oxygens (including phenoxy) is 3. The average Bonchev–Trinajstić information content (AvgIpc) is 3.37. The van der Waals surface area contributed by atoms with E-state index in [-0.39, 0.29) is 31.1 Å². The molecular formula is C65H122O6. The first-order chi connectivity index (χ1) is 35.0. The molecule has 0 fully saturated rings. The van der Waals surface area contributed by atoms with E-state index in [9.17, 15) is 14.4 Å². The summed E-state index contributed by atoms with van der Waals surface area (Å²) in [6, 6.07) is 0. The highest BCUT2D eigenvalue weighted by Crippen LogP contribution is 2.18. The van der Waals surface area contributed by atoms with E-state index >= 15 is 0 Å². The molecule has 6 nitrogen and oxygen atoms in total. The number of carbonyl (C=O) groups is 3. The lowest BCUT2D eigenvalue weighted by Crippen LogP contribution is -2.30. The summed E-state index contributed by atoms with van der Waals surface area (Å²) < 4.78 is 16.8. The van der Waals surface area contributed by atoms with Crippen LogP contribution in [0.2, 0.25) is 0 Å². The predicted octanol–water partition coefficient (Wildman–Crippen LogP) is 21.4. The van der Waals surface area contributed by atoms with Gasteiger partial charge in [0.15, 0.2) is 6.10 Å². The van der Waals surface area contributed by atoms with Crippen LogP contribution in [0.1, 0.15) is 355 Å². The molecular weight excluding hydrogens is 877 g/mol. The molecule has 6 heteroatoms. The van der Waals surface area contributed by atoms with E-state index in [1.807, 2.05) is 0 Å². The van der Waals surface area contributed by atoms with Crippen LogP contribution in [-0.2, 0) is 28.6 Å². The molecule has 0 saturated heterocycles. The molecule has 0 aliphatic heterocycles. The van der Waals surface area contributed by atoms with Gasteiger partial charge in [0.2, 0.25) is 0 Å². The Labute approximate surface area is 443 Å². The first-order valence-corrected chi connectivity index (χ1v) is 31.8. The Kier molecular flexibility index (Phi) is 58.6. The highest BCUT2D eigenvalue weighted by Gasteiger charge is 2.19. The standard InChI is InChI=1S/C65H122O6/c1-4-7-10-13-16-19-22-24-25-26-27-28-29-30-31-32-33-34-35-36-37-38-39-40-41-42-44-46-49-52-55-58-64(67)70-61-62(60-69-63(66)57-54-51-48-45-21-18-15-12-9-6-3)71-65(68)59-56-53-50-47-43-23-20-17-14-11-8-5-2/h17,20,26-27,62H,4-16,18-19,21-25,28-61H2,1-3H3/b20-17-,27-26-. The highest BCUT2D eigenvalue weighted by atomic mass is 16.6. The summed E-state index contributed by atoms with van der Waals surface area (Å²) in [5, 5.41) is 0. The third kappa shape index (κ3) is 58.7. The molecule has 1 unspecified atom stereocenters. The molecule has 0 radical (unpaired) electrons. The highest BCUT2D eigenvalue weighted by molar-refractivity contribution is 5.71. The molecule has 71 heavy (non-hydrogen) atoms. The summed E-state index contributed by atoms with van der Waals surface area (Å²) in [5.74, 6) is -0.860. The van der Waals surface area contributed by atoms with Crippen molar-refractivity contribution in [1.29, 1.82) is 0 Å². The number of allylic oxidation sites excluding steroid dienone is 4. The van der Waals surface area contributed by atoms with Gasteiger partial charge in [-0.1, -0.05) is 289 Å². The van der Waals surface area contributed by atoms with Gasteiger partial charge in [-0.25, -0.2) is 0 Å². The van der Waals surface area contributed by atoms with Crippen LogP contribution in [0.3, 0.4) is 0 Å². The summed E-state index contributed by atoms with van der Waals surface area (Å²) >= 11 is 0. The van der Waals surface area contributed by atoms with E-state index < -0.39 is 6.10 Å². The number of hydrogen-bond donors (Lipinski definition) is 0. The van der Waals surface area contributed by atoms with Crippen LogP contribution in [0.15, 0.2) is 24.3 Å². The van der Waals surface area contributed by atoms with E-state index in [0.29, 0.717) is 19.3 Å². The fourth-order valence-electron chi connectivity index (χ4n) is 9.61. The van der Waals surface area contributed by atoms with Gasteiger partial charge in [-0.2, -0.15) is 0 Å². The van der Waals surface area contributed by atoms with Gasteiger partial charge in [-0.15, -0.1) is 0 Å². The van der Waals surface area contributed by atoms with Gasteiger partial charge < -0.3 is 14.2 Å². The lowest BCUT2D eigenvalue weighted by atomic mass is 10.0. The van der Waals surface area contributed by atoms with Crippen molar-refractivity contribution in [3.05, 3.63) is 24.3 Å². The van der Waals surface area contributed by atoms with Gasteiger partial charge in [0, 0.05) is 19.3 Å². The van der Waals surface area contributed by atoms with Crippen molar-refractivity contribution < 1.29 is 28.6 Å². The molecule has 0 aromatic rings. The Hall–Kier alpha value is -2.11. The van der Waals surface area contributed by atoms with Crippen LogP contribution >= 0.6 is 0 Å². The second kappa shape index (κ2) is 60.4. The smallest absolute Gasteiger partial charge is 0.306 e. The third-order valence-electron chi connectivity index (χ3n) is 14.4. The van der Waals surface area contributed by atoms with Crippen LogP contribution in [0.4, 0.5) is 0 Å². The van der Waals surface area contributed by atoms with Crippen molar-refractivity contribution in [1.82, 2.24) is 0 Å². The maximum absolute atomic E-state index is 12.8. The molecule has 0 N–H and O–H groups in total. The average molecular weight is 1000 g/mol. The normalized spacial score (nSPS) is 12.1. The van der Waals surface area contributed by atoms with Crippen LogP contribution < -0.4 is 0 Å². The van der Waals surface area contributed by atoms with E-state index in [0.717, 1.165) is 64.2 Å². The second-order valence-corrected chi connectivity index (χ2v) is 21.7. The molecule has 0 aromatic carbocycles. The largest absolute Gasteiger partial charge is 0.462 e. The van der Waals surface area contributed by atoms with Crippen LogP contribution in [0, 0.1) is 0 Å². The lowest BCUT2D eigenvalue weighted by Gasteiger charge is -2.18. The van der Waals surface area contributed by atoms with Crippen molar-refractivity contribution in [2.24, 2.45) is 0 Å². The molecule has 1 atom stereocenters. The van der Waals surface area contributed by atoms with Gasteiger partial charge in [0.05, 0.1) is 0 Å². The Bertz CT molecular complexity index is 1150. The first-order valence-electron chi connectivity index (χ1n) is 31.8. The second-order valence-electron chi connectivity index (χ2n) is 21.7. The minimum absolute atomic E-state index is 0.0693. The van der Waals surface area contributed by atoms with Crippen LogP contribution in [-0.4, -0.2) is 37.2 Å². The zero-order valence-corrected chi connectivity index (χ0v) is 48.0. The SMILES string of the molecule is CCCCC/C=C\CCCCCCCC(=O)OC(COC(=O)CCCCCCCCCCCC)COC(=O)CCCCCCCCCCCCCCCCCCCCC/C=C\CCCCCCCCCC. The number of carbonyl (C=O) groups excluding carboxylic acids is 3. The fraction of sp³-hybridized carbons (Fsp3) is 0.892. The summed E-state index contributed by atoms with van der Waals surface area (Å²) in [6.45, 7) is 6.64. The summed E-state index contributed by atoms with van der Waals surface area (Å²) in [5.41, 5.74) is 0. The zero-order chi connectivity index (χ0) is 51.4. The lowest BCUT2D eigenvalue weighted by molar-refractivity contribution is -0.167. The number of rotatable bonds is 59. The summed E-state index contributed by atoms with van der Waals surface area (Å²) in [4.78, 5) is 38.0. The number of unbranched alkanes of at least 4 members (excludes halogenated alkanes) is 44. The van der Waals surface area contributed by atoms with Gasteiger partial charge in [0.1, 0.15) is 13.2 Å². The van der Waals surface area contributed by atoms with Crippen LogP contribution in [0.25, 0.3) is 0 Å². The Morgan fingerprint density at radius 3 is 0.732 bits per heavy atom. The zero-order valence-electron chi connectivity index (χ0n) is 48.0. The first kappa shape index (κ1) is 68.9. The molecule has 0 aliphatic rings. The van der Waals surface area contributed by atoms with E-state index in [4.69, 9.17) is 14.2 Å². The van der Waals surface area contributed by atoms with Gasteiger partial charge in [0.25, 0.3) is 0 Å². The van der Waals surface area contributed by atoms with Crippen LogP contribution in [0.5, 0.6) is 0 Å². The molecule has 0 spiro atoms. The van der Waals surface area contributed by atoms with E-state index in [1.165, 1.54) is 250 Å². The van der Waals surface area contributed by atoms with E-state index in [2.05, 4.69) is 45.1 Å². The Morgan fingerprint density at radius 1 is 0.268 bits per heavy atom. The van der Waals surface area contributed by atoms with Crippen molar-refractivity contribution in [3.63, 3.8) is 0 Å². The van der Waals surface area contributed by atoms with Gasteiger partial charge in [-0.3, -0.25) is 14.4 Å². The predicted molar refractivity (Wildman–Crippen MR) is 307 cm³/mol. The van der Waals surface area contributed by atoms with Crippen molar-refractivity contribution in [2.75, 3.05) is 13.2 Å².